The summed E-state index contributed by atoms with van der Waals surface area (Å²) in [4.78, 5) is 1.89. The van der Waals surface area contributed by atoms with E-state index in [9.17, 15) is 21.2 Å². The van der Waals surface area contributed by atoms with Crippen LogP contribution in [0.4, 0.5) is 8.78 Å². The van der Waals surface area contributed by atoms with E-state index in [0.717, 1.165) is 25.1 Å². The molecule has 0 amide bonds. The monoisotopic (exact) mass is 589 g/mol. The second kappa shape index (κ2) is 10.3. The van der Waals surface area contributed by atoms with Crippen molar-refractivity contribution in [3.05, 3.63) is 58.6 Å². The van der Waals surface area contributed by atoms with Crippen molar-refractivity contribution < 1.29 is 35.1 Å². The number of nitrogens with zero attached hydrogens (tertiary/aromatic N) is 1. The normalized spacial score (nSPS) is 28.3. The molecule has 2 saturated heterocycles. The van der Waals surface area contributed by atoms with Crippen LogP contribution >= 0.6 is 11.6 Å². The Bertz CT molecular complexity index is 1420. The molecule has 38 heavy (non-hydrogen) atoms. The van der Waals surface area contributed by atoms with Crippen LogP contribution in [0.15, 0.2) is 41.3 Å². The van der Waals surface area contributed by atoms with Crippen LogP contribution in [0.1, 0.15) is 31.2 Å². The van der Waals surface area contributed by atoms with Gasteiger partial charge in [0.15, 0.2) is 31.2 Å². The Labute approximate surface area is 226 Å². The summed E-state index contributed by atoms with van der Waals surface area (Å²) in [6, 6.07) is 7.32. The van der Waals surface area contributed by atoms with E-state index in [4.69, 9.17) is 21.1 Å². The average molecular weight is 590 g/mol. The minimum Gasteiger partial charge on any atom is -0.490 e. The smallest absolute Gasteiger partial charge is 0.189 e. The molecule has 0 spiro atoms. The van der Waals surface area contributed by atoms with Gasteiger partial charge in [0.1, 0.15) is 10.6 Å². The number of hydrogen-bond donors (Lipinski definition) is 0. The molecular formula is C26H30ClF2NO6S2. The van der Waals surface area contributed by atoms with Crippen LogP contribution in [0.2, 0.25) is 5.02 Å². The van der Waals surface area contributed by atoms with Crippen molar-refractivity contribution in [2.24, 2.45) is 5.92 Å². The molecule has 5 rings (SSSR count). The van der Waals surface area contributed by atoms with Gasteiger partial charge in [0.25, 0.3) is 0 Å². The Hall–Kier alpha value is -1.79. The second-order valence-electron chi connectivity index (χ2n) is 10.3. The van der Waals surface area contributed by atoms with Gasteiger partial charge in [0.2, 0.25) is 0 Å². The van der Waals surface area contributed by atoms with Gasteiger partial charge >= 0.3 is 0 Å². The lowest BCUT2D eigenvalue weighted by molar-refractivity contribution is -0.0732. The first-order chi connectivity index (χ1) is 18.0. The van der Waals surface area contributed by atoms with Gasteiger partial charge in [0, 0.05) is 24.1 Å². The summed E-state index contributed by atoms with van der Waals surface area (Å²) in [5, 5.41) is -0.187. The molecule has 0 unspecified atom stereocenters. The highest BCUT2D eigenvalue weighted by Gasteiger charge is 2.61. The van der Waals surface area contributed by atoms with Gasteiger partial charge in [0.05, 0.1) is 34.2 Å². The highest BCUT2D eigenvalue weighted by Crippen LogP contribution is 2.56. The van der Waals surface area contributed by atoms with E-state index in [1.165, 1.54) is 24.3 Å². The van der Waals surface area contributed by atoms with E-state index in [1.807, 2.05) is 11.9 Å². The molecule has 3 aliphatic rings. The fourth-order valence-corrected chi connectivity index (χ4v) is 10.6. The van der Waals surface area contributed by atoms with Gasteiger partial charge in [-0.2, -0.15) is 0 Å². The van der Waals surface area contributed by atoms with E-state index in [2.05, 4.69) is 0 Å². The maximum absolute atomic E-state index is 15.5. The minimum atomic E-state index is -4.35. The largest absolute Gasteiger partial charge is 0.490 e. The number of piperidine rings is 1. The van der Waals surface area contributed by atoms with E-state index in [-0.39, 0.29) is 42.3 Å². The standard InChI is InChI=1S/C26H30ClF2NO6S2/c1-30-12-2-3-19(15-30)37(31,32)14-10-23-20-16-36-25-22(29)9-8-21(28)24(25)26(20,11-13-35-23)38(33,34)18-6-4-17(27)5-7-18/h4-9,19-20,23H,2-3,10-16H2,1H3/t19-,20+,23+,26+/m1/s1. The summed E-state index contributed by atoms with van der Waals surface area (Å²) in [7, 11) is -5.97. The Morgan fingerprint density at radius 1 is 1.08 bits per heavy atom. The fraction of sp³-hybridized carbons (Fsp3) is 0.538. The first-order valence-corrected chi connectivity index (χ1v) is 16.2. The zero-order valence-electron chi connectivity index (χ0n) is 20.9. The molecule has 4 atom stereocenters. The van der Waals surface area contributed by atoms with Crippen LogP contribution in [0.5, 0.6) is 5.75 Å². The van der Waals surface area contributed by atoms with Crippen molar-refractivity contribution in [3.8, 4) is 5.75 Å². The Morgan fingerprint density at radius 3 is 2.50 bits per heavy atom. The summed E-state index contributed by atoms with van der Waals surface area (Å²) in [5.74, 6) is -3.37. The van der Waals surface area contributed by atoms with E-state index in [0.29, 0.717) is 18.0 Å². The van der Waals surface area contributed by atoms with Crippen molar-refractivity contribution in [2.75, 3.05) is 39.1 Å². The Balaban J connectivity index is 1.56. The summed E-state index contributed by atoms with van der Waals surface area (Å²) in [5.41, 5.74) is -0.367. The maximum Gasteiger partial charge on any atom is 0.189 e. The highest BCUT2D eigenvalue weighted by molar-refractivity contribution is 7.92. The number of rotatable bonds is 6. The number of likely N-dealkylation sites (tertiary alicyclic amines) is 1. The lowest BCUT2D eigenvalue weighted by Gasteiger charge is -2.50. The highest BCUT2D eigenvalue weighted by atomic mass is 35.5. The molecule has 3 aliphatic heterocycles. The quantitative estimate of drug-likeness (QED) is 0.503. The number of fused-ring (bicyclic) bond motifs is 3. The molecule has 0 bridgehead atoms. The van der Waals surface area contributed by atoms with Gasteiger partial charge in [-0.25, -0.2) is 25.6 Å². The van der Waals surface area contributed by atoms with E-state index < -0.39 is 59.1 Å². The summed E-state index contributed by atoms with van der Waals surface area (Å²) < 4.78 is 95.1. The predicted molar refractivity (Wildman–Crippen MR) is 139 cm³/mol. The van der Waals surface area contributed by atoms with Crippen LogP contribution in [-0.4, -0.2) is 72.2 Å². The Kier molecular flexibility index (Phi) is 7.54. The molecule has 0 aliphatic carbocycles. The zero-order valence-corrected chi connectivity index (χ0v) is 23.3. The minimum absolute atomic E-state index is 0.0146. The van der Waals surface area contributed by atoms with Gasteiger partial charge in [-0.1, -0.05) is 11.6 Å². The number of ether oxygens (including phenoxy) is 2. The van der Waals surface area contributed by atoms with Crippen molar-refractivity contribution in [1.82, 2.24) is 4.90 Å². The summed E-state index contributed by atoms with van der Waals surface area (Å²) in [6.07, 6.45) is 0.354. The fourth-order valence-electron chi connectivity index (χ4n) is 6.19. The molecule has 7 nitrogen and oxygen atoms in total. The van der Waals surface area contributed by atoms with Gasteiger partial charge < -0.3 is 14.4 Å². The van der Waals surface area contributed by atoms with Crippen LogP contribution in [-0.2, 0) is 29.2 Å². The number of sulfone groups is 2. The van der Waals surface area contributed by atoms with Crippen LogP contribution in [0.3, 0.4) is 0 Å². The Morgan fingerprint density at radius 2 is 1.79 bits per heavy atom. The van der Waals surface area contributed by atoms with Crippen LogP contribution in [0.25, 0.3) is 0 Å². The average Bonchev–Trinajstić information content (AvgIpc) is 2.89. The number of halogens is 3. The number of benzene rings is 2. The van der Waals surface area contributed by atoms with Crippen molar-refractivity contribution >= 4 is 31.3 Å². The number of hydrogen-bond acceptors (Lipinski definition) is 7. The third-order valence-corrected chi connectivity index (χ3v) is 13.1. The van der Waals surface area contributed by atoms with Crippen molar-refractivity contribution in [3.63, 3.8) is 0 Å². The third kappa shape index (κ3) is 4.64. The summed E-state index contributed by atoms with van der Waals surface area (Å²) >= 11 is 5.99. The van der Waals surface area contributed by atoms with Crippen LogP contribution < -0.4 is 4.74 Å². The molecule has 2 aromatic rings. The molecule has 208 valence electrons. The zero-order chi connectivity index (χ0) is 27.3. The van der Waals surface area contributed by atoms with Gasteiger partial charge in [-0.05, 0) is 75.7 Å². The molecular weight excluding hydrogens is 560 g/mol. The van der Waals surface area contributed by atoms with Crippen LogP contribution in [0, 0.1) is 17.6 Å². The van der Waals surface area contributed by atoms with E-state index >= 15 is 4.39 Å². The molecule has 0 saturated carbocycles. The third-order valence-electron chi connectivity index (χ3n) is 8.12. The lowest BCUT2D eigenvalue weighted by atomic mass is 9.75. The molecule has 12 heteroatoms. The van der Waals surface area contributed by atoms with Gasteiger partial charge in [-0.15, -0.1) is 0 Å². The lowest BCUT2D eigenvalue weighted by Crippen LogP contribution is -2.58. The summed E-state index contributed by atoms with van der Waals surface area (Å²) in [6.45, 7) is 0.934. The second-order valence-corrected chi connectivity index (χ2v) is 15.4. The molecule has 3 heterocycles. The van der Waals surface area contributed by atoms with E-state index in [1.54, 1.807) is 0 Å². The van der Waals surface area contributed by atoms with Crippen molar-refractivity contribution in [2.45, 2.75) is 46.7 Å². The molecule has 0 N–H and O–H groups in total. The predicted octanol–water partition coefficient (Wildman–Crippen LogP) is 3.98. The molecule has 0 radical (unpaired) electrons. The van der Waals surface area contributed by atoms with Crippen molar-refractivity contribution in [1.29, 1.82) is 0 Å². The van der Waals surface area contributed by atoms with Gasteiger partial charge in [-0.3, -0.25) is 0 Å². The molecule has 0 aromatic heterocycles. The molecule has 2 fully saturated rings. The maximum atomic E-state index is 15.5. The SMILES string of the molecule is CN1CCC[C@@H](S(=O)(=O)CC[C@@H]2OCC[C@@]3(S(=O)(=O)c4ccc(Cl)cc4)c4c(F)ccc(F)c4OC[C@@H]23)C1. The first kappa shape index (κ1) is 27.8. The topological polar surface area (TPSA) is 90.0 Å². The molecule has 2 aromatic carbocycles. The first-order valence-electron chi connectivity index (χ1n) is 12.6.